The van der Waals surface area contributed by atoms with Gasteiger partial charge in [0, 0.05) is 6.20 Å². The molecule has 0 fully saturated rings. The van der Waals surface area contributed by atoms with Crippen LogP contribution in [0.3, 0.4) is 0 Å². The fourth-order valence-electron chi connectivity index (χ4n) is 1.27. The molecular formula is C11H9NO3. The fourth-order valence-corrected chi connectivity index (χ4v) is 1.27. The first-order valence-corrected chi connectivity index (χ1v) is 4.39. The van der Waals surface area contributed by atoms with Crippen LogP contribution in [0.25, 0.3) is 0 Å². The van der Waals surface area contributed by atoms with Crippen LogP contribution in [0.2, 0.25) is 0 Å². The Morgan fingerprint density at radius 2 is 2.33 bits per heavy atom. The van der Waals surface area contributed by atoms with Crippen LogP contribution >= 0.6 is 0 Å². The van der Waals surface area contributed by atoms with Crippen LogP contribution in [0.1, 0.15) is 16.1 Å². The highest BCUT2D eigenvalue weighted by atomic mass is 16.5. The monoisotopic (exact) mass is 203 g/mol. The van der Waals surface area contributed by atoms with Gasteiger partial charge in [-0.1, -0.05) is 0 Å². The van der Waals surface area contributed by atoms with Crippen molar-refractivity contribution in [1.82, 2.24) is 4.98 Å². The summed E-state index contributed by atoms with van der Waals surface area (Å²) < 4.78 is 10.1. The van der Waals surface area contributed by atoms with E-state index >= 15 is 0 Å². The molecule has 2 aromatic rings. The number of nitrogens with zero attached hydrogens (tertiary/aromatic N) is 1. The molecule has 0 amide bonds. The lowest BCUT2D eigenvalue weighted by molar-refractivity contribution is 0.101. The van der Waals surface area contributed by atoms with Crippen molar-refractivity contribution in [2.75, 3.05) is 7.11 Å². The van der Waals surface area contributed by atoms with Crippen LogP contribution in [0.15, 0.2) is 41.3 Å². The Kier molecular flexibility index (Phi) is 2.49. The Bertz CT molecular complexity index is 462. The first-order chi connectivity index (χ1) is 7.33. The van der Waals surface area contributed by atoms with E-state index in [-0.39, 0.29) is 5.78 Å². The maximum Gasteiger partial charge on any atom is 0.232 e. The highest BCUT2D eigenvalue weighted by molar-refractivity contribution is 6.08. The fraction of sp³-hybridized carbons (Fsp3) is 0.0909. The third-order valence-electron chi connectivity index (χ3n) is 1.99. The maximum atomic E-state index is 11.9. The molecule has 0 bridgehead atoms. The number of ether oxygens (including phenoxy) is 1. The SMILES string of the molecule is COc1cnccc1C(=O)c1ccco1. The van der Waals surface area contributed by atoms with Gasteiger partial charge in [0.1, 0.15) is 5.75 Å². The third kappa shape index (κ3) is 1.74. The standard InChI is InChI=1S/C11H9NO3/c1-14-10-7-12-5-4-8(10)11(13)9-3-2-6-15-9/h2-7H,1H3. The topological polar surface area (TPSA) is 52.3 Å². The van der Waals surface area contributed by atoms with Crippen molar-refractivity contribution in [2.24, 2.45) is 0 Å². The zero-order chi connectivity index (χ0) is 10.7. The minimum atomic E-state index is -0.209. The number of rotatable bonds is 3. The van der Waals surface area contributed by atoms with Crippen molar-refractivity contribution in [1.29, 1.82) is 0 Å². The van der Waals surface area contributed by atoms with Gasteiger partial charge in [-0.05, 0) is 18.2 Å². The lowest BCUT2D eigenvalue weighted by Crippen LogP contribution is -2.02. The van der Waals surface area contributed by atoms with Crippen LogP contribution in [0.4, 0.5) is 0 Å². The van der Waals surface area contributed by atoms with Gasteiger partial charge in [-0.25, -0.2) is 0 Å². The summed E-state index contributed by atoms with van der Waals surface area (Å²) in [5, 5.41) is 0. The molecule has 0 spiro atoms. The Hall–Kier alpha value is -2.10. The van der Waals surface area contributed by atoms with Crippen LogP contribution in [0, 0.1) is 0 Å². The van der Waals surface area contributed by atoms with E-state index in [1.165, 1.54) is 19.6 Å². The summed E-state index contributed by atoms with van der Waals surface area (Å²) in [5.74, 6) is 0.526. The summed E-state index contributed by atoms with van der Waals surface area (Å²) in [7, 11) is 1.50. The molecule has 0 unspecified atom stereocenters. The van der Waals surface area contributed by atoms with Crippen LogP contribution in [-0.2, 0) is 0 Å². The van der Waals surface area contributed by atoms with Crippen molar-refractivity contribution in [3.8, 4) is 5.75 Å². The number of carbonyl (C=O) groups excluding carboxylic acids is 1. The minimum absolute atomic E-state index is 0.209. The summed E-state index contributed by atoms with van der Waals surface area (Å²) in [4.78, 5) is 15.8. The quantitative estimate of drug-likeness (QED) is 0.715. The Labute approximate surface area is 86.5 Å². The molecule has 0 saturated carbocycles. The van der Waals surface area contributed by atoms with E-state index in [4.69, 9.17) is 9.15 Å². The highest BCUT2D eigenvalue weighted by Gasteiger charge is 2.16. The van der Waals surface area contributed by atoms with Crippen molar-refractivity contribution < 1.29 is 13.9 Å². The summed E-state index contributed by atoms with van der Waals surface area (Å²) >= 11 is 0. The molecule has 4 nitrogen and oxygen atoms in total. The van der Waals surface area contributed by atoms with E-state index in [0.717, 1.165) is 0 Å². The number of hydrogen-bond acceptors (Lipinski definition) is 4. The Morgan fingerprint density at radius 3 is 3.00 bits per heavy atom. The van der Waals surface area contributed by atoms with Crippen molar-refractivity contribution >= 4 is 5.78 Å². The average Bonchev–Trinajstić information content (AvgIpc) is 2.81. The number of hydrogen-bond donors (Lipinski definition) is 0. The third-order valence-corrected chi connectivity index (χ3v) is 1.99. The van der Waals surface area contributed by atoms with Crippen LogP contribution in [0.5, 0.6) is 5.75 Å². The molecule has 0 aliphatic carbocycles. The molecule has 0 aromatic carbocycles. The molecule has 4 heteroatoms. The van der Waals surface area contributed by atoms with Crippen molar-refractivity contribution in [3.05, 3.63) is 48.2 Å². The minimum Gasteiger partial charge on any atom is -0.494 e. The van der Waals surface area contributed by atoms with Gasteiger partial charge < -0.3 is 9.15 Å². The number of furan rings is 1. The predicted molar refractivity (Wildman–Crippen MR) is 52.9 cm³/mol. The highest BCUT2D eigenvalue weighted by Crippen LogP contribution is 2.19. The summed E-state index contributed by atoms with van der Waals surface area (Å²) in [6.07, 6.45) is 4.50. The van der Waals surface area contributed by atoms with Gasteiger partial charge in [0.2, 0.25) is 5.78 Å². The van der Waals surface area contributed by atoms with E-state index in [2.05, 4.69) is 4.98 Å². The van der Waals surface area contributed by atoms with Gasteiger partial charge in [-0.15, -0.1) is 0 Å². The number of carbonyl (C=O) groups is 1. The Balaban J connectivity index is 2.42. The normalized spacial score (nSPS) is 9.93. The molecule has 15 heavy (non-hydrogen) atoms. The summed E-state index contributed by atoms with van der Waals surface area (Å²) in [6, 6.07) is 4.88. The summed E-state index contributed by atoms with van der Waals surface area (Å²) in [6.45, 7) is 0. The number of pyridine rings is 1. The van der Waals surface area contributed by atoms with E-state index in [1.807, 2.05) is 0 Å². The molecule has 2 rings (SSSR count). The second kappa shape index (κ2) is 3.96. The van der Waals surface area contributed by atoms with Crippen molar-refractivity contribution in [2.45, 2.75) is 0 Å². The average molecular weight is 203 g/mol. The molecule has 0 saturated heterocycles. The molecule has 0 aliphatic rings. The van der Waals surface area contributed by atoms with Crippen LogP contribution < -0.4 is 4.74 Å². The molecule has 0 atom stereocenters. The zero-order valence-electron chi connectivity index (χ0n) is 8.14. The largest absolute Gasteiger partial charge is 0.494 e. The zero-order valence-corrected chi connectivity index (χ0v) is 8.14. The first kappa shape index (κ1) is 9.45. The van der Waals surface area contributed by atoms with Gasteiger partial charge in [-0.3, -0.25) is 9.78 Å². The van der Waals surface area contributed by atoms with Gasteiger partial charge in [0.05, 0.1) is 25.1 Å². The van der Waals surface area contributed by atoms with Crippen LogP contribution in [-0.4, -0.2) is 17.9 Å². The second-order valence-electron chi connectivity index (χ2n) is 2.88. The molecule has 2 aromatic heterocycles. The smallest absolute Gasteiger partial charge is 0.232 e. The van der Waals surface area contributed by atoms with E-state index in [1.54, 1.807) is 24.4 Å². The number of methoxy groups -OCH3 is 1. The van der Waals surface area contributed by atoms with Gasteiger partial charge in [-0.2, -0.15) is 0 Å². The van der Waals surface area contributed by atoms with E-state index in [0.29, 0.717) is 17.1 Å². The van der Waals surface area contributed by atoms with Gasteiger partial charge in [0.15, 0.2) is 5.76 Å². The molecular weight excluding hydrogens is 194 g/mol. The second-order valence-corrected chi connectivity index (χ2v) is 2.88. The lowest BCUT2D eigenvalue weighted by atomic mass is 10.1. The maximum absolute atomic E-state index is 11.9. The van der Waals surface area contributed by atoms with Gasteiger partial charge >= 0.3 is 0 Å². The Morgan fingerprint density at radius 1 is 1.47 bits per heavy atom. The molecule has 0 aliphatic heterocycles. The molecule has 0 N–H and O–H groups in total. The first-order valence-electron chi connectivity index (χ1n) is 4.39. The van der Waals surface area contributed by atoms with Gasteiger partial charge in [0.25, 0.3) is 0 Å². The molecule has 2 heterocycles. The molecule has 76 valence electrons. The van der Waals surface area contributed by atoms with E-state index in [9.17, 15) is 4.79 Å². The lowest BCUT2D eigenvalue weighted by Gasteiger charge is -2.04. The number of ketones is 1. The number of aromatic nitrogens is 1. The van der Waals surface area contributed by atoms with Crippen molar-refractivity contribution in [3.63, 3.8) is 0 Å². The summed E-state index contributed by atoms with van der Waals surface area (Å²) in [5.41, 5.74) is 0.447. The molecule has 0 radical (unpaired) electrons. The predicted octanol–water partition coefficient (Wildman–Crippen LogP) is 1.91. The van der Waals surface area contributed by atoms with E-state index < -0.39 is 0 Å².